The molecule has 0 bridgehead atoms. The summed E-state index contributed by atoms with van der Waals surface area (Å²) in [7, 11) is 0. The second kappa shape index (κ2) is 8.02. The third-order valence-corrected chi connectivity index (χ3v) is 6.01. The Morgan fingerprint density at radius 2 is 1.82 bits per heavy atom. The molecular weight excluding hydrogens is 390 g/mol. The van der Waals surface area contributed by atoms with Crippen LogP contribution in [0.2, 0.25) is 5.02 Å². The summed E-state index contributed by atoms with van der Waals surface area (Å²) in [6.45, 7) is 6.38. The van der Waals surface area contributed by atoms with E-state index in [2.05, 4.69) is 24.9 Å². The number of thiazole rings is 1. The topological polar surface area (TPSA) is 69.7 Å². The van der Waals surface area contributed by atoms with Crippen LogP contribution in [0, 0.1) is 29.6 Å². The Bertz CT molecular complexity index is 1090. The Morgan fingerprint density at radius 1 is 1.11 bits per heavy atom. The van der Waals surface area contributed by atoms with Gasteiger partial charge in [-0.3, -0.25) is 0 Å². The van der Waals surface area contributed by atoms with Gasteiger partial charge in [0, 0.05) is 15.8 Å². The molecule has 140 valence electrons. The van der Waals surface area contributed by atoms with Crippen molar-refractivity contribution in [1.82, 2.24) is 4.98 Å². The minimum atomic E-state index is -0.321. The molecule has 0 N–H and O–H groups in total. The number of benzene rings is 2. The van der Waals surface area contributed by atoms with Crippen LogP contribution in [-0.2, 0) is 12.0 Å². The highest BCUT2D eigenvalue weighted by molar-refractivity contribution is 7.09. The number of aromatic nitrogens is 1. The molecule has 1 heterocycles. The maximum atomic E-state index is 9.36. The molecule has 0 saturated carbocycles. The third-order valence-electron chi connectivity index (χ3n) is 4.79. The lowest BCUT2D eigenvalue weighted by Gasteiger charge is -2.27. The number of rotatable bonds is 5. The Labute approximate surface area is 173 Å². The summed E-state index contributed by atoms with van der Waals surface area (Å²) in [5.74, 6) is 0.730. The van der Waals surface area contributed by atoms with Crippen molar-refractivity contribution in [2.24, 2.45) is 0 Å². The van der Waals surface area contributed by atoms with Crippen molar-refractivity contribution in [2.45, 2.75) is 32.8 Å². The SMILES string of the molecule is Cc1c(Cl)cc(C(C)(C)c2ccc(OCc3nc(C#N)cs3)cc2)cc1C#N. The van der Waals surface area contributed by atoms with Crippen LogP contribution in [0.5, 0.6) is 5.75 Å². The molecule has 0 unspecified atom stereocenters. The van der Waals surface area contributed by atoms with Gasteiger partial charge < -0.3 is 4.74 Å². The van der Waals surface area contributed by atoms with Gasteiger partial charge in [-0.1, -0.05) is 37.6 Å². The van der Waals surface area contributed by atoms with Gasteiger partial charge in [-0.25, -0.2) is 4.98 Å². The van der Waals surface area contributed by atoms with E-state index in [1.165, 1.54) is 11.3 Å². The summed E-state index contributed by atoms with van der Waals surface area (Å²) in [5, 5.41) is 21.3. The highest BCUT2D eigenvalue weighted by Crippen LogP contribution is 2.35. The first-order valence-corrected chi connectivity index (χ1v) is 9.89. The Morgan fingerprint density at radius 3 is 2.43 bits per heavy atom. The van der Waals surface area contributed by atoms with Crippen molar-refractivity contribution >= 4 is 22.9 Å². The van der Waals surface area contributed by atoms with Crippen LogP contribution in [0.4, 0.5) is 0 Å². The summed E-state index contributed by atoms with van der Waals surface area (Å²) in [6, 6.07) is 15.9. The van der Waals surface area contributed by atoms with Gasteiger partial charge in [-0.2, -0.15) is 10.5 Å². The molecule has 0 aliphatic carbocycles. The van der Waals surface area contributed by atoms with E-state index in [1.807, 2.05) is 49.4 Å². The number of hydrogen-bond donors (Lipinski definition) is 0. The number of ether oxygens (including phenoxy) is 1. The van der Waals surface area contributed by atoms with Crippen LogP contribution >= 0.6 is 22.9 Å². The summed E-state index contributed by atoms with van der Waals surface area (Å²) >= 11 is 7.74. The Hall–Kier alpha value is -2.86. The molecule has 0 amide bonds. The molecule has 0 aliphatic rings. The molecule has 6 heteroatoms. The molecule has 0 radical (unpaired) electrons. The lowest BCUT2D eigenvalue weighted by atomic mass is 9.77. The minimum absolute atomic E-state index is 0.321. The van der Waals surface area contributed by atoms with Crippen LogP contribution in [0.3, 0.4) is 0 Å². The van der Waals surface area contributed by atoms with E-state index < -0.39 is 0 Å². The zero-order valence-electron chi connectivity index (χ0n) is 15.8. The average molecular weight is 408 g/mol. The number of nitrogens with zero attached hydrogens (tertiary/aromatic N) is 3. The van der Waals surface area contributed by atoms with Gasteiger partial charge in [-0.15, -0.1) is 11.3 Å². The molecule has 28 heavy (non-hydrogen) atoms. The van der Waals surface area contributed by atoms with Gasteiger partial charge in [0.1, 0.15) is 23.4 Å². The van der Waals surface area contributed by atoms with E-state index in [0.29, 0.717) is 22.9 Å². The molecule has 0 atom stereocenters. The molecule has 4 nitrogen and oxygen atoms in total. The molecule has 0 saturated heterocycles. The van der Waals surface area contributed by atoms with Crippen LogP contribution < -0.4 is 4.74 Å². The van der Waals surface area contributed by atoms with Crippen LogP contribution in [-0.4, -0.2) is 4.98 Å². The predicted octanol–water partition coefficient (Wildman–Crippen LogP) is 5.75. The van der Waals surface area contributed by atoms with Crippen molar-refractivity contribution in [1.29, 1.82) is 10.5 Å². The molecule has 2 aromatic carbocycles. The van der Waals surface area contributed by atoms with Crippen molar-refractivity contribution < 1.29 is 4.74 Å². The lowest BCUT2D eigenvalue weighted by molar-refractivity contribution is 0.305. The van der Waals surface area contributed by atoms with Gasteiger partial charge in [0.2, 0.25) is 0 Å². The minimum Gasteiger partial charge on any atom is -0.486 e. The number of halogens is 1. The van der Waals surface area contributed by atoms with Crippen molar-refractivity contribution in [3.8, 4) is 17.9 Å². The predicted molar refractivity (Wildman–Crippen MR) is 111 cm³/mol. The monoisotopic (exact) mass is 407 g/mol. The molecule has 0 aliphatic heterocycles. The van der Waals surface area contributed by atoms with Crippen molar-refractivity contribution in [3.05, 3.63) is 79.8 Å². The lowest BCUT2D eigenvalue weighted by Crippen LogP contribution is -2.19. The first-order valence-electron chi connectivity index (χ1n) is 8.63. The summed E-state index contributed by atoms with van der Waals surface area (Å²) in [4.78, 5) is 4.17. The van der Waals surface area contributed by atoms with Crippen LogP contribution in [0.15, 0.2) is 41.8 Å². The molecule has 3 aromatic rings. The Kier molecular flexibility index (Phi) is 5.70. The number of hydrogen-bond acceptors (Lipinski definition) is 5. The molecule has 0 spiro atoms. The van der Waals surface area contributed by atoms with Gasteiger partial charge >= 0.3 is 0 Å². The molecule has 1 aromatic heterocycles. The summed E-state index contributed by atoms with van der Waals surface area (Å²) in [6.07, 6.45) is 0. The van der Waals surface area contributed by atoms with Crippen molar-refractivity contribution in [3.63, 3.8) is 0 Å². The highest BCUT2D eigenvalue weighted by atomic mass is 35.5. The largest absolute Gasteiger partial charge is 0.486 e. The zero-order valence-corrected chi connectivity index (χ0v) is 17.4. The molecular formula is C22H18ClN3OS. The second-order valence-corrected chi connectivity index (χ2v) is 8.27. The van der Waals surface area contributed by atoms with Gasteiger partial charge in [0.15, 0.2) is 5.69 Å². The summed E-state index contributed by atoms with van der Waals surface area (Å²) in [5.41, 5.74) is 3.56. The number of nitriles is 2. The van der Waals surface area contributed by atoms with Crippen LogP contribution in [0.25, 0.3) is 0 Å². The molecule has 3 rings (SSSR count). The zero-order chi connectivity index (χ0) is 20.3. The molecule has 0 fully saturated rings. The fourth-order valence-electron chi connectivity index (χ4n) is 2.86. The average Bonchev–Trinajstić information content (AvgIpc) is 3.16. The van der Waals surface area contributed by atoms with E-state index in [1.54, 1.807) is 5.38 Å². The maximum Gasteiger partial charge on any atom is 0.151 e. The first kappa shape index (κ1) is 19.9. The van der Waals surface area contributed by atoms with Gasteiger partial charge in [0.25, 0.3) is 0 Å². The summed E-state index contributed by atoms with van der Waals surface area (Å²) < 4.78 is 5.77. The Balaban J connectivity index is 1.79. The van der Waals surface area contributed by atoms with Gasteiger partial charge in [0.05, 0.1) is 11.6 Å². The quantitative estimate of drug-likeness (QED) is 0.539. The van der Waals surface area contributed by atoms with Gasteiger partial charge in [-0.05, 0) is 47.9 Å². The smallest absolute Gasteiger partial charge is 0.151 e. The van der Waals surface area contributed by atoms with E-state index in [4.69, 9.17) is 21.6 Å². The van der Waals surface area contributed by atoms with Crippen LogP contribution in [0.1, 0.15) is 46.8 Å². The van der Waals surface area contributed by atoms with E-state index in [9.17, 15) is 5.26 Å². The van der Waals surface area contributed by atoms with E-state index in [-0.39, 0.29) is 5.41 Å². The fraction of sp³-hybridized carbons (Fsp3) is 0.227. The third kappa shape index (κ3) is 4.02. The highest BCUT2D eigenvalue weighted by Gasteiger charge is 2.25. The standard InChI is InChI=1S/C22H18ClN3OS/c1-14-15(10-24)8-17(9-20(14)23)22(2,3)16-4-6-19(7-5-16)27-12-21-26-18(11-25)13-28-21/h4-9,13H,12H2,1-3H3. The second-order valence-electron chi connectivity index (χ2n) is 6.92. The normalized spacial score (nSPS) is 10.9. The fourth-order valence-corrected chi connectivity index (χ4v) is 3.71. The van der Waals surface area contributed by atoms with E-state index >= 15 is 0 Å². The van der Waals surface area contributed by atoms with Crippen molar-refractivity contribution in [2.75, 3.05) is 0 Å². The maximum absolute atomic E-state index is 9.36. The first-order chi connectivity index (χ1) is 13.3. The van der Waals surface area contributed by atoms with E-state index in [0.717, 1.165) is 27.4 Å².